The number of anilines is 1. The smallest absolute Gasteiger partial charge is 0.147 e. The molecule has 1 aliphatic heterocycles. The Bertz CT molecular complexity index is 756. The number of hydrogen-bond donors (Lipinski definition) is 1. The highest BCUT2D eigenvalue weighted by Crippen LogP contribution is 2.51. The van der Waals surface area contributed by atoms with Crippen molar-refractivity contribution >= 4 is 33.2 Å². The van der Waals surface area contributed by atoms with E-state index >= 15 is 0 Å². The SMILES string of the molecule is Fc1cc(Br)cc2c1N[C@H](c1ccc(Cl)cc1)[C@@H]1CC=C[C@@H]21. The molecule has 3 atom stereocenters. The van der Waals surface area contributed by atoms with Crippen molar-refractivity contribution < 1.29 is 4.39 Å². The number of benzene rings is 2. The van der Waals surface area contributed by atoms with Crippen LogP contribution in [0.25, 0.3) is 0 Å². The standard InChI is InChI=1S/C18H14BrClFN/c19-11-8-15-13-2-1-3-14(13)17(22-18(15)16(21)9-11)10-4-6-12(20)7-5-10/h1-2,4-9,13-14,17,22H,3H2/t13-,14-,17-/m1/s1. The van der Waals surface area contributed by atoms with E-state index in [1.807, 2.05) is 30.3 Å². The first-order valence-corrected chi connectivity index (χ1v) is 8.48. The van der Waals surface area contributed by atoms with Gasteiger partial charge in [-0.1, -0.05) is 51.8 Å². The van der Waals surface area contributed by atoms with Crippen LogP contribution in [-0.2, 0) is 0 Å². The molecular formula is C18H14BrClFN. The van der Waals surface area contributed by atoms with Crippen molar-refractivity contribution in [1.29, 1.82) is 0 Å². The van der Waals surface area contributed by atoms with Gasteiger partial charge in [-0.25, -0.2) is 4.39 Å². The third-order valence-corrected chi connectivity index (χ3v) is 5.32. The van der Waals surface area contributed by atoms with E-state index in [1.165, 1.54) is 6.07 Å². The number of rotatable bonds is 1. The highest BCUT2D eigenvalue weighted by Gasteiger charge is 2.39. The van der Waals surface area contributed by atoms with E-state index in [1.54, 1.807) is 0 Å². The van der Waals surface area contributed by atoms with E-state index in [0.717, 1.165) is 27.0 Å². The number of hydrogen-bond acceptors (Lipinski definition) is 1. The van der Waals surface area contributed by atoms with E-state index in [0.29, 0.717) is 11.6 Å². The van der Waals surface area contributed by atoms with Crippen molar-refractivity contribution in [3.8, 4) is 0 Å². The van der Waals surface area contributed by atoms with Gasteiger partial charge in [-0.05, 0) is 47.7 Å². The monoisotopic (exact) mass is 377 g/mol. The Morgan fingerprint density at radius 3 is 2.73 bits per heavy atom. The van der Waals surface area contributed by atoms with Crippen LogP contribution in [0.15, 0.2) is 53.0 Å². The second-order valence-electron chi connectivity index (χ2n) is 5.88. The maximum Gasteiger partial charge on any atom is 0.147 e. The molecule has 0 radical (unpaired) electrons. The molecule has 1 heterocycles. The summed E-state index contributed by atoms with van der Waals surface area (Å²) in [5.74, 6) is 0.452. The van der Waals surface area contributed by atoms with Crippen LogP contribution in [0.3, 0.4) is 0 Å². The van der Waals surface area contributed by atoms with Crippen LogP contribution in [0.2, 0.25) is 5.02 Å². The third kappa shape index (κ3) is 2.27. The molecular weight excluding hydrogens is 365 g/mol. The molecule has 2 aliphatic rings. The summed E-state index contributed by atoms with van der Waals surface area (Å²) in [5.41, 5.74) is 2.81. The molecule has 0 bridgehead atoms. The predicted molar refractivity (Wildman–Crippen MR) is 91.9 cm³/mol. The zero-order valence-electron chi connectivity index (χ0n) is 11.7. The number of allylic oxidation sites excluding steroid dienone is 2. The summed E-state index contributed by atoms with van der Waals surface area (Å²) in [5, 5.41) is 4.14. The largest absolute Gasteiger partial charge is 0.375 e. The highest BCUT2D eigenvalue weighted by atomic mass is 79.9. The molecule has 1 aliphatic carbocycles. The maximum atomic E-state index is 14.4. The predicted octanol–water partition coefficient (Wildman–Crippen LogP) is 6.07. The van der Waals surface area contributed by atoms with Gasteiger partial charge in [-0.2, -0.15) is 0 Å². The lowest BCUT2D eigenvalue weighted by Crippen LogP contribution is -2.29. The lowest BCUT2D eigenvalue weighted by molar-refractivity contribution is 0.420. The van der Waals surface area contributed by atoms with Crippen LogP contribution in [-0.4, -0.2) is 0 Å². The Morgan fingerprint density at radius 1 is 1.18 bits per heavy atom. The van der Waals surface area contributed by atoms with Crippen LogP contribution in [0.5, 0.6) is 0 Å². The first-order chi connectivity index (χ1) is 10.6. The van der Waals surface area contributed by atoms with E-state index < -0.39 is 0 Å². The molecule has 0 unspecified atom stereocenters. The van der Waals surface area contributed by atoms with Gasteiger partial charge in [0, 0.05) is 15.4 Å². The Kier molecular flexibility index (Phi) is 3.50. The van der Waals surface area contributed by atoms with Crippen molar-refractivity contribution in [2.45, 2.75) is 18.4 Å². The summed E-state index contributed by atoms with van der Waals surface area (Å²) in [4.78, 5) is 0. The Balaban J connectivity index is 1.82. The summed E-state index contributed by atoms with van der Waals surface area (Å²) >= 11 is 9.39. The Hall–Kier alpha value is -1.32. The van der Waals surface area contributed by atoms with Crippen LogP contribution in [0, 0.1) is 11.7 Å². The van der Waals surface area contributed by atoms with E-state index in [4.69, 9.17) is 11.6 Å². The van der Waals surface area contributed by atoms with Crippen LogP contribution in [0.1, 0.15) is 29.5 Å². The van der Waals surface area contributed by atoms with Crippen molar-refractivity contribution in [2.75, 3.05) is 5.32 Å². The molecule has 0 saturated heterocycles. The van der Waals surface area contributed by atoms with Crippen molar-refractivity contribution in [3.63, 3.8) is 0 Å². The summed E-state index contributed by atoms with van der Waals surface area (Å²) < 4.78 is 15.2. The highest BCUT2D eigenvalue weighted by molar-refractivity contribution is 9.10. The fourth-order valence-electron chi connectivity index (χ4n) is 3.62. The fourth-order valence-corrected chi connectivity index (χ4v) is 4.19. The lowest BCUT2D eigenvalue weighted by atomic mass is 9.77. The average molecular weight is 379 g/mol. The molecule has 1 N–H and O–H groups in total. The van der Waals surface area contributed by atoms with Gasteiger partial charge in [0.2, 0.25) is 0 Å². The van der Waals surface area contributed by atoms with Gasteiger partial charge in [0.15, 0.2) is 0 Å². The molecule has 0 saturated carbocycles. The fraction of sp³-hybridized carbons (Fsp3) is 0.222. The van der Waals surface area contributed by atoms with Crippen molar-refractivity contribution in [2.24, 2.45) is 5.92 Å². The maximum absolute atomic E-state index is 14.4. The first kappa shape index (κ1) is 14.3. The Labute approximate surface area is 142 Å². The third-order valence-electron chi connectivity index (χ3n) is 4.61. The molecule has 2 aromatic rings. The van der Waals surface area contributed by atoms with Gasteiger partial charge < -0.3 is 5.32 Å². The van der Waals surface area contributed by atoms with Gasteiger partial charge in [-0.15, -0.1) is 0 Å². The van der Waals surface area contributed by atoms with Gasteiger partial charge in [0.05, 0.1) is 11.7 Å². The van der Waals surface area contributed by atoms with Crippen molar-refractivity contribution in [3.05, 3.63) is 75.0 Å². The molecule has 0 amide bonds. The van der Waals surface area contributed by atoms with Gasteiger partial charge in [-0.3, -0.25) is 0 Å². The van der Waals surface area contributed by atoms with Crippen LogP contribution >= 0.6 is 27.5 Å². The molecule has 0 aromatic heterocycles. The molecule has 4 heteroatoms. The zero-order chi connectivity index (χ0) is 15.3. The van der Waals surface area contributed by atoms with Gasteiger partial charge in [0.25, 0.3) is 0 Å². The molecule has 22 heavy (non-hydrogen) atoms. The van der Waals surface area contributed by atoms with Crippen molar-refractivity contribution in [1.82, 2.24) is 0 Å². The Morgan fingerprint density at radius 2 is 1.95 bits per heavy atom. The molecule has 4 rings (SSSR count). The molecule has 0 fully saturated rings. The average Bonchev–Trinajstić information content (AvgIpc) is 2.97. The molecule has 1 nitrogen and oxygen atoms in total. The minimum atomic E-state index is -0.206. The molecule has 2 aromatic carbocycles. The zero-order valence-corrected chi connectivity index (χ0v) is 14.0. The minimum Gasteiger partial charge on any atom is -0.375 e. The second-order valence-corrected chi connectivity index (χ2v) is 7.23. The first-order valence-electron chi connectivity index (χ1n) is 7.31. The second kappa shape index (κ2) is 5.39. The van der Waals surface area contributed by atoms with Crippen LogP contribution in [0.4, 0.5) is 10.1 Å². The summed E-state index contributed by atoms with van der Waals surface area (Å²) in [6.45, 7) is 0. The van der Waals surface area contributed by atoms with Crippen LogP contribution < -0.4 is 5.32 Å². The number of fused-ring (bicyclic) bond motifs is 3. The van der Waals surface area contributed by atoms with E-state index in [2.05, 4.69) is 33.4 Å². The minimum absolute atomic E-state index is 0.0976. The quantitative estimate of drug-likeness (QED) is 0.594. The number of nitrogens with one attached hydrogen (secondary N) is 1. The normalized spacial score (nSPS) is 25.5. The van der Waals surface area contributed by atoms with E-state index in [-0.39, 0.29) is 17.8 Å². The molecule has 0 spiro atoms. The summed E-state index contributed by atoms with van der Waals surface area (Å²) in [6.07, 6.45) is 5.41. The van der Waals surface area contributed by atoms with E-state index in [9.17, 15) is 4.39 Å². The lowest BCUT2D eigenvalue weighted by Gasteiger charge is -2.37. The van der Waals surface area contributed by atoms with Gasteiger partial charge in [0.1, 0.15) is 5.82 Å². The van der Waals surface area contributed by atoms with Gasteiger partial charge >= 0.3 is 0 Å². The number of halogens is 3. The molecule has 112 valence electrons. The summed E-state index contributed by atoms with van der Waals surface area (Å²) in [7, 11) is 0. The summed E-state index contributed by atoms with van der Waals surface area (Å²) in [6, 6.07) is 11.5. The topological polar surface area (TPSA) is 12.0 Å².